The Balaban J connectivity index is 2.05. The van der Waals surface area contributed by atoms with Gasteiger partial charge in [-0.05, 0) is 41.9 Å². The molecule has 24 heavy (non-hydrogen) atoms. The summed E-state index contributed by atoms with van der Waals surface area (Å²) in [4.78, 5) is 22.7. The average Bonchev–Trinajstić information content (AvgIpc) is 2.86. The Bertz CT molecular complexity index is 760. The number of aryl methyl sites for hydroxylation is 1. The Kier molecular flexibility index (Phi) is 5.91. The van der Waals surface area contributed by atoms with Crippen LogP contribution in [0.1, 0.15) is 19.0 Å². The number of amides is 1. The summed E-state index contributed by atoms with van der Waals surface area (Å²) < 4.78 is 7.80. The number of nitro benzene ring substituents is 1. The zero-order chi connectivity index (χ0) is 17.7. The molecule has 0 aliphatic heterocycles. The summed E-state index contributed by atoms with van der Waals surface area (Å²) in [5, 5.41) is 17.9. The first-order valence-electron chi connectivity index (χ1n) is 7.31. The summed E-state index contributed by atoms with van der Waals surface area (Å²) in [7, 11) is 0. The number of aromatic nitrogens is 2. The topological polar surface area (TPSA) is 99.3 Å². The Morgan fingerprint density at radius 1 is 1.50 bits per heavy atom. The van der Waals surface area contributed by atoms with Gasteiger partial charge in [0.1, 0.15) is 11.4 Å². The number of rotatable bonds is 7. The van der Waals surface area contributed by atoms with Gasteiger partial charge in [-0.1, -0.05) is 0 Å². The van der Waals surface area contributed by atoms with Crippen LogP contribution in [-0.4, -0.2) is 27.2 Å². The monoisotopic (exact) mass is 396 g/mol. The third-order valence-corrected chi connectivity index (χ3v) is 4.12. The molecule has 0 unspecified atom stereocenters. The van der Waals surface area contributed by atoms with Gasteiger partial charge in [-0.25, -0.2) is 0 Å². The molecule has 9 heteroatoms. The molecule has 0 atom stereocenters. The van der Waals surface area contributed by atoms with Crippen LogP contribution in [0.25, 0.3) is 0 Å². The van der Waals surface area contributed by atoms with E-state index in [4.69, 9.17) is 4.74 Å². The molecule has 0 fully saturated rings. The highest BCUT2D eigenvalue weighted by molar-refractivity contribution is 9.10. The SMILES string of the molecule is CCOc1ccc(NC(=O)CCn2ncc(Br)c2C)c([N+](=O)[O-])c1. The highest BCUT2D eigenvalue weighted by atomic mass is 79.9. The minimum atomic E-state index is -0.549. The fraction of sp³-hybridized carbons (Fsp3) is 0.333. The number of ether oxygens (including phenoxy) is 1. The number of benzene rings is 1. The van der Waals surface area contributed by atoms with Gasteiger partial charge in [-0.3, -0.25) is 19.6 Å². The Morgan fingerprint density at radius 2 is 2.25 bits per heavy atom. The van der Waals surface area contributed by atoms with E-state index in [1.165, 1.54) is 12.1 Å². The number of anilines is 1. The van der Waals surface area contributed by atoms with Crippen molar-refractivity contribution in [2.45, 2.75) is 26.8 Å². The number of halogens is 1. The first-order chi connectivity index (χ1) is 11.4. The van der Waals surface area contributed by atoms with Gasteiger partial charge in [0.15, 0.2) is 0 Å². The molecule has 0 bridgehead atoms. The van der Waals surface area contributed by atoms with Gasteiger partial charge in [-0.2, -0.15) is 5.10 Å². The van der Waals surface area contributed by atoms with E-state index in [2.05, 4.69) is 26.3 Å². The van der Waals surface area contributed by atoms with Crippen molar-refractivity contribution in [3.05, 3.63) is 44.7 Å². The van der Waals surface area contributed by atoms with Crippen LogP contribution in [0, 0.1) is 17.0 Å². The van der Waals surface area contributed by atoms with E-state index >= 15 is 0 Å². The highest BCUT2D eigenvalue weighted by Gasteiger charge is 2.17. The van der Waals surface area contributed by atoms with Crippen molar-refractivity contribution < 1.29 is 14.5 Å². The standard InChI is InChI=1S/C15H17BrN4O4/c1-3-24-11-4-5-13(14(8-11)20(22)23)18-15(21)6-7-19-10(2)12(16)9-17-19/h4-5,8-9H,3,6-7H2,1-2H3,(H,18,21). The second kappa shape index (κ2) is 7.91. The number of hydrogen-bond acceptors (Lipinski definition) is 5. The molecule has 1 heterocycles. The Morgan fingerprint density at radius 3 is 2.83 bits per heavy atom. The van der Waals surface area contributed by atoms with Gasteiger partial charge in [0.25, 0.3) is 5.69 Å². The quantitative estimate of drug-likeness (QED) is 0.571. The lowest BCUT2D eigenvalue weighted by molar-refractivity contribution is -0.384. The molecule has 0 saturated heterocycles. The second-order valence-corrected chi connectivity index (χ2v) is 5.82. The van der Waals surface area contributed by atoms with Crippen molar-refractivity contribution in [1.82, 2.24) is 9.78 Å². The molecule has 2 rings (SSSR count). The molecule has 0 radical (unpaired) electrons. The number of nitrogens with zero attached hydrogens (tertiary/aromatic N) is 3. The van der Waals surface area contributed by atoms with Gasteiger partial charge in [0.2, 0.25) is 5.91 Å². The van der Waals surface area contributed by atoms with Gasteiger partial charge in [-0.15, -0.1) is 0 Å². The summed E-state index contributed by atoms with van der Waals surface area (Å²) in [5.41, 5.74) is 0.856. The molecule has 1 aromatic heterocycles. The zero-order valence-corrected chi connectivity index (χ0v) is 14.9. The third kappa shape index (κ3) is 4.31. The highest BCUT2D eigenvalue weighted by Crippen LogP contribution is 2.29. The molecule has 0 saturated carbocycles. The summed E-state index contributed by atoms with van der Waals surface area (Å²) in [6, 6.07) is 4.35. The first-order valence-corrected chi connectivity index (χ1v) is 8.10. The zero-order valence-electron chi connectivity index (χ0n) is 13.3. The molecule has 0 aliphatic carbocycles. The summed E-state index contributed by atoms with van der Waals surface area (Å²) >= 11 is 3.35. The molecule has 128 valence electrons. The van der Waals surface area contributed by atoms with Crippen LogP contribution in [0.3, 0.4) is 0 Å². The van der Waals surface area contributed by atoms with Gasteiger partial charge in [0, 0.05) is 12.1 Å². The molecule has 1 amide bonds. The van der Waals surface area contributed by atoms with Crippen molar-refractivity contribution in [3.8, 4) is 5.75 Å². The lowest BCUT2D eigenvalue weighted by atomic mass is 10.2. The van der Waals surface area contributed by atoms with E-state index < -0.39 is 4.92 Å². The maximum absolute atomic E-state index is 12.1. The maximum atomic E-state index is 12.1. The summed E-state index contributed by atoms with van der Waals surface area (Å²) in [5.74, 6) is 0.0625. The predicted octanol–water partition coefficient (Wildman–Crippen LogP) is 3.29. The minimum absolute atomic E-state index is 0.145. The smallest absolute Gasteiger partial charge is 0.296 e. The third-order valence-electron chi connectivity index (χ3n) is 3.34. The van der Waals surface area contributed by atoms with Crippen molar-refractivity contribution in [1.29, 1.82) is 0 Å². The van der Waals surface area contributed by atoms with Crippen LogP contribution < -0.4 is 10.1 Å². The van der Waals surface area contributed by atoms with Crippen molar-refractivity contribution >= 4 is 33.2 Å². The number of carbonyl (C=O) groups is 1. The van der Waals surface area contributed by atoms with E-state index in [1.54, 1.807) is 23.9 Å². The molecular formula is C15H17BrN4O4. The molecule has 2 aromatic rings. The average molecular weight is 397 g/mol. The molecular weight excluding hydrogens is 380 g/mol. The van der Waals surface area contributed by atoms with Crippen LogP contribution >= 0.6 is 15.9 Å². The van der Waals surface area contributed by atoms with Gasteiger partial charge >= 0.3 is 0 Å². The number of nitrogens with one attached hydrogen (secondary N) is 1. The van der Waals surface area contributed by atoms with E-state index in [-0.39, 0.29) is 23.7 Å². The van der Waals surface area contributed by atoms with Crippen LogP contribution in [-0.2, 0) is 11.3 Å². The lowest BCUT2D eigenvalue weighted by Crippen LogP contribution is -2.16. The van der Waals surface area contributed by atoms with Crippen molar-refractivity contribution in [2.75, 3.05) is 11.9 Å². The lowest BCUT2D eigenvalue weighted by Gasteiger charge is -2.09. The first kappa shape index (κ1) is 17.9. The Labute approximate surface area is 147 Å². The fourth-order valence-corrected chi connectivity index (χ4v) is 2.39. The molecule has 1 aromatic carbocycles. The number of carbonyl (C=O) groups excluding carboxylic acids is 1. The van der Waals surface area contributed by atoms with Crippen molar-refractivity contribution in [3.63, 3.8) is 0 Å². The second-order valence-electron chi connectivity index (χ2n) is 4.97. The molecule has 0 aliphatic rings. The van der Waals surface area contributed by atoms with E-state index in [9.17, 15) is 14.9 Å². The van der Waals surface area contributed by atoms with E-state index in [0.29, 0.717) is 18.9 Å². The fourth-order valence-electron chi connectivity index (χ4n) is 2.09. The van der Waals surface area contributed by atoms with Crippen LogP contribution in [0.5, 0.6) is 5.75 Å². The normalized spacial score (nSPS) is 10.5. The number of nitro groups is 1. The largest absolute Gasteiger partial charge is 0.494 e. The van der Waals surface area contributed by atoms with E-state index in [1.807, 2.05) is 6.92 Å². The molecule has 0 spiro atoms. The maximum Gasteiger partial charge on any atom is 0.296 e. The van der Waals surface area contributed by atoms with E-state index in [0.717, 1.165) is 10.2 Å². The van der Waals surface area contributed by atoms with Crippen LogP contribution in [0.2, 0.25) is 0 Å². The summed E-state index contributed by atoms with van der Waals surface area (Å²) in [6.45, 7) is 4.46. The minimum Gasteiger partial charge on any atom is -0.494 e. The predicted molar refractivity (Wildman–Crippen MR) is 92.2 cm³/mol. The number of hydrogen-bond donors (Lipinski definition) is 1. The molecule has 8 nitrogen and oxygen atoms in total. The van der Waals surface area contributed by atoms with Crippen LogP contribution in [0.4, 0.5) is 11.4 Å². The Hall–Kier alpha value is -2.42. The molecule has 1 N–H and O–H groups in total. The van der Waals surface area contributed by atoms with Crippen LogP contribution in [0.15, 0.2) is 28.9 Å². The summed E-state index contributed by atoms with van der Waals surface area (Å²) in [6.07, 6.45) is 1.81. The van der Waals surface area contributed by atoms with Gasteiger partial charge in [0.05, 0.1) is 34.8 Å². The van der Waals surface area contributed by atoms with Gasteiger partial charge < -0.3 is 10.1 Å². The van der Waals surface area contributed by atoms with Crippen molar-refractivity contribution in [2.24, 2.45) is 0 Å².